The van der Waals surface area contributed by atoms with E-state index in [1.807, 2.05) is 30.6 Å². The van der Waals surface area contributed by atoms with E-state index in [1.165, 1.54) is 12.0 Å². The predicted octanol–water partition coefficient (Wildman–Crippen LogP) is 7.53. The smallest absolute Gasteiger partial charge is 0.410 e. The van der Waals surface area contributed by atoms with Gasteiger partial charge in [0.05, 0.1) is 24.3 Å². The molecule has 4 heterocycles. The Morgan fingerprint density at radius 3 is 2.40 bits per heavy atom. The van der Waals surface area contributed by atoms with Crippen molar-refractivity contribution >= 4 is 44.5 Å². The third-order valence-electron chi connectivity index (χ3n) is 12.9. The maximum absolute atomic E-state index is 15.5. The Kier molecular flexibility index (Phi) is 9.74. The molecular formula is C43H56N4O7S. The summed E-state index contributed by atoms with van der Waals surface area (Å²) in [7, 11) is -2.17. The van der Waals surface area contributed by atoms with E-state index in [4.69, 9.17) is 9.47 Å². The lowest BCUT2D eigenvalue weighted by Gasteiger charge is -2.45. The molecule has 6 aliphatic rings. The van der Waals surface area contributed by atoms with Gasteiger partial charge in [-0.2, -0.15) is 0 Å². The van der Waals surface area contributed by atoms with E-state index in [2.05, 4.69) is 39.6 Å². The van der Waals surface area contributed by atoms with Gasteiger partial charge in [-0.25, -0.2) is 13.2 Å². The average molecular weight is 773 g/mol. The van der Waals surface area contributed by atoms with E-state index in [0.29, 0.717) is 56.1 Å². The Balaban J connectivity index is 1.27. The Labute approximate surface area is 325 Å². The highest BCUT2D eigenvalue weighted by Crippen LogP contribution is 2.59. The molecule has 4 fully saturated rings. The summed E-state index contributed by atoms with van der Waals surface area (Å²) in [4.78, 5) is 46.8. The van der Waals surface area contributed by atoms with Crippen LogP contribution in [0.2, 0.25) is 0 Å². The van der Waals surface area contributed by atoms with Crippen LogP contribution >= 0.6 is 0 Å². The fraction of sp³-hybridized carbons (Fsp3) is 0.605. The van der Waals surface area contributed by atoms with Crippen molar-refractivity contribution in [2.45, 2.75) is 128 Å². The lowest BCUT2D eigenvalue weighted by Crippen LogP contribution is -2.56. The zero-order valence-corrected chi connectivity index (χ0v) is 33.9. The van der Waals surface area contributed by atoms with E-state index < -0.39 is 27.4 Å². The van der Waals surface area contributed by atoms with Gasteiger partial charge in [-0.1, -0.05) is 44.4 Å². The molecule has 2 atom stereocenters. The molecule has 11 nitrogen and oxygen atoms in total. The van der Waals surface area contributed by atoms with Crippen LogP contribution in [0.4, 0.5) is 4.79 Å². The molecule has 2 saturated carbocycles. The molecule has 0 radical (unpaired) electrons. The minimum absolute atomic E-state index is 0.0906. The summed E-state index contributed by atoms with van der Waals surface area (Å²) in [5, 5.41) is 0.951. The molecule has 2 saturated heterocycles. The minimum atomic E-state index is -3.85. The first-order chi connectivity index (χ1) is 26.3. The van der Waals surface area contributed by atoms with Gasteiger partial charge in [-0.05, 0) is 113 Å². The number of hydrogen-bond donors (Lipinski definition) is 1. The first-order valence-corrected chi connectivity index (χ1v) is 22.1. The average Bonchev–Trinajstić information content (AvgIpc) is 3.59. The van der Waals surface area contributed by atoms with Crippen molar-refractivity contribution in [2.75, 3.05) is 32.5 Å². The molecule has 1 aromatic heterocycles. The number of carbonyl (C=O) groups excluding carboxylic acids is 3. The lowest BCUT2D eigenvalue weighted by molar-refractivity contribution is -0.127. The van der Waals surface area contributed by atoms with Gasteiger partial charge in [0.25, 0.3) is 5.91 Å². The van der Waals surface area contributed by atoms with Crippen LogP contribution in [-0.2, 0) is 24.3 Å². The maximum atomic E-state index is 15.5. The third-order valence-corrected chi connectivity index (χ3v) is 14.3. The number of carbonyl (C=O) groups is 3. The van der Waals surface area contributed by atoms with Gasteiger partial charge in [0.1, 0.15) is 17.0 Å². The number of likely N-dealkylation sites (tertiary alicyclic amines) is 2. The number of nitrogens with zero attached hydrogens (tertiary/aromatic N) is 3. The third kappa shape index (κ3) is 6.69. The van der Waals surface area contributed by atoms with Crippen LogP contribution in [0.25, 0.3) is 16.6 Å². The van der Waals surface area contributed by atoms with Crippen molar-refractivity contribution in [3.63, 3.8) is 0 Å². The number of allylic oxidation sites excluding steroid dienone is 3. The molecular weight excluding hydrogens is 717 g/mol. The second-order valence-electron chi connectivity index (χ2n) is 17.5. The van der Waals surface area contributed by atoms with E-state index in [0.717, 1.165) is 84.9 Å². The highest BCUT2D eigenvalue weighted by molar-refractivity contribution is 7.90. The Morgan fingerprint density at radius 2 is 1.71 bits per heavy atom. The molecule has 1 N–H and O–H groups in total. The number of nitrogens with one attached hydrogen (secondary N) is 1. The number of hydrogen-bond acceptors (Lipinski definition) is 7. The molecule has 3 aliphatic carbocycles. The molecule has 0 bridgehead atoms. The molecule has 3 aliphatic heterocycles. The summed E-state index contributed by atoms with van der Waals surface area (Å²) < 4.78 is 42.3. The fourth-order valence-electron chi connectivity index (χ4n) is 10.4. The number of ether oxygens (including phenoxy) is 2. The van der Waals surface area contributed by atoms with Crippen molar-refractivity contribution in [1.82, 2.24) is 19.1 Å². The highest BCUT2D eigenvalue weighted by Gasteiger charge is 2.55. The van der Waals surface area contributed by atoms with Gasteiger partial charge < -0.3 is 23.8 Å². The second-order valence-corrected chi connectivity index (χ2v) is 19.3. The molecule has 55 heavy (non-hydrogen) atoms. The second kappa shape index (κ2) is 14.2. The summed E-state index contributed by atoms with van der Waals surface area (Å²) in [6, 6.07) is 6.42. The van der Waals surface area contributed by atoms with Crippen molar-refractivity contribution in [3.05, 3.63) is 58.3 Å². The van der Waals surface area contributed by atoms with E-state index in [1.54, 1.807) is 14.0 Å². The normalized spacial score (nSPS) is 23.7. The van der Waals surface area contributed by atoms with Gasteiger partial charge in [-0.3, -0.25) is 14.3 Å². The summed E-state index contributed by atoms with van der Waals surface area (Å²) in [6.07, 6.45) is 14.5. The van der Waals surface area contributed by atoms with Crippen LogP contribution in [0.5, 0.6) is 5.75 Å². The Bertz CT molecular complexity index is 2120. The Hall–Kier alpha value is -4.06. The summed E-state index contributed by atoms with van der Waals surface area (Å²) >= 11 is 0. The fourth-order valence-corrected chi connectivity index (χ4v) is 11.4. The first-order valence-electron chi connectivity index (χ1n) is 20.5. The molecule has 296 valence electrons. The van der Waals surface area contributed by atoms with E-state index in [-0.39, 0.29) is 29.2 Å². The topological polar surface area (TPSA) is 127 Å². The van der Waals surface area contributed by atoms with Crippen LogP contribution in [0, 0.1) is 5.92 Å². The van der Waals surface area contributed by atoms with Crippen molar-refractivity contribution < 1.29 is 32.3 Å². The maximum Gasteiger partial charge on any atom is 0.410 e. The highest BCUT2D eigenvalue weighted by atomic mass is 32.2. The quantitative estimate of drug-likeness (QED) is 0.308. The zero-order valence-electron chi connectivity index (χ0n) is 33.0. The Morgan fingerprint density at radius 1 is 0.964 bits per heavy atom. The van der Waals surface area contributed by atoms with Crippen molar-refractivity contribution in [2.24, 2.45) is 5.92 Å². The number of aromatic nitrogens is 1. The molecule has 2 aromatic rings. The van der Waals surface area contributed by atoms with Crippen LogP contribution in [0.3, 0.4) is 0 Å². The zero-order chi connectivity index (χ0) is 38.9. The molecule has 12 heteroatoms. The summed E-state index contributed by atoms with van der Waals surface area (Å²) in [5.41, 5.74) is 4.97. The van der Waals surface area contributed by atoms with Crippen molar-refractivity contribution in [1.29, 1.82) is 0 Å². The van der Waals surface area contributed by atoms with Gasteiger partial charge >= 0.3 is 6.09 Å². The summed E-state index contributed by atoms with van der Waals surface area (Å²) in [6.45, 7) is 8.93. The molecule has 3 amide bonds. The largest absolute Gasteiger partial charge is 0.496 e. The number of amides is 3. The number of benzene rings is 1. The summed E-state index contributed by atoms with van der Waals surface area (Å²) in [5.74, 6) is -0.815. The molecule has 8 rings (SSSR count). The number of fused-ring (bicyclic) bond motifs is 6. The van der Waals surface area contributed by atoms with Gasteiger partial charge in [0, 0.05) is 47.7 Å². The van der Waals surface area contributed by atoms with Gasteiger partial charge in [0.2, 0.25) is 15.9 Å². The first kappa shape index (κ1) is 37.8. The van der Waals surface area contributed by atoms with Crippen LogP contribution in [0.15, 0.2) is 47.1 Å². The SMILES string of the molecule is CCCS(=O)(=O)NC(=O)C1C2=C3C=CCCC3c3cc4c(OC)ccc(C5CCCCC5)c4n3C(C(=O)N3CCC4(CCCN4C(=O)OC(C)(C)C)CC3)=C21. The number of piperidine rings is 1. The van der Waals surface area contributed by atoms with Gasteiger partial charge in [0.15, 0.2) is 0 Å². The van der Waals surface area contributed by atoms with Crippen LogP contribution < -0.4 is 9.46 Å². The lowest BCUT2D eigenvalue weighted by atomic mass is 9.83. The minimum Gasteiger partial charge on any atom is -0.496 e. The van der Waals surface area contributed by atoms with Crippen LogP contribution in [0.1, 0.15) is 128 Å². The van der Waals surface area contributed by atoms with E-state index in [9.17, 15) is 18.0 Å². The molecule has 1 aromatic carbocycles. The van der Waals surface area contributed by atoms with E-state index >= 15 is 4.79 Å². The predicted molar refractivity (Wildman–Crippen MR) is 212 cm³/mol. The monoisotopic (exact) mass is 772 g/mol. The molecule has 1 spiro atoms. The number of sulfonamides is 1. The number of methoxy groups -OCH3 is 1. The van der Waals surface area contributed by atoms with Gasteiger partial charge in [-0.15, -0.1) is 0 Å². The van der Waals surface area contributed by atoms with Crippen LogP contribution in [-0.4, -0.2) is 84.3 Å². The standard InChI is InChI=1S/C43H56N4O7S/c1-6-25-55(51,52)44-39(48)36-34-30-16-11-10-15-29(30)32-26-31-33(53-5)18-17-28(27-13-8-7-9-14-27)37(31)47(32)38(35(34)36)40(49)45-23-20-43(21-24-45)19-12-22-46(43)41(50)54-42(2,3)4/h11,16-18,26-27,29,36H,6-10,12-15,19-25H2,1-5H3,(H,44,48). The molecule has 2 unspecified atom stereocenters. The number of rotatable bonds is 7. The van der Waals surface area contributed by atoms with Crippen molar-refractivity contribution in [3.8, 4) is 5.75 Å².